The van der Waals surface area contributed by atoms with Crippen molar-refractivity contribution in [3.05, 3.63) is 12.7 Å². The maximum Gasteiger partial charge on any atom is 0.315 e. The van der Waals surface area contributed by atoms with Crippen LogP contribution in [0, 0.1) is 17.8 Å². The lowest BCUT2D eigenvalue weighted by Gasteiger charge is -2.41. The number of sulfone groups is 1. The molecule has 1 aliphatic heterocycles. The number of halogens is 2. The van der Waals surface area contributed by atoms with Crippen molar-refractivity contribution in [2.45, 2.75) is 144 Å². The monoisotopic (exact) mass is 773 g/mol. The van der Waals surface area contributed by atoms with Gasteiger partial charge in [-0.3, -0.25) is 19.2 Å². The summed E-state index contributed by atoms with van der Waals surface area (Å²) in [7, 11) is -3.58. The van der Waals surface area contributed by atoms with Crippen LogP contribution in [0.25, 0.3) is 0 Å². The number of fused-ring (bicyclic) bond motifs is 1. The molecule has 0 aromatic carbocycles. The van der Waals surface area contributed by atoms with Crippen molar-refractivity contribution in [1.29, 1.82) is 0 Å². The highest BCUT2D eigenvalue weighted by Gasteiger charge is 2.74. The summed E-state index contributed by atoms with van der Waals surface area (Å²) >= 11 is 13.2. The number of amides is 5. The largest absolute Gasteiger partial charge is 0.346 e. The number of hydrogen-bond donors (Lipinski definition) is 4. The third kappa shape index (κ3) is 9.60. The van der Waals surface area contributed by atoms with Crippen LogP contribution < -0.4 is 21.3 Å². The molecule has 12 nitrogen and oxygen atoms in total. The number of likely N-dealkylation sites (tertiary alicyclic amines) is 1. The lowest BCUT2D eigenvalue weighted by molar-refractivity contribution is -0.144. The van der Waals surface area contributed by atoms with Crippen molar-refractivity contribution in [3.63, 3.8) is 0 Å². The molecule has 15 heteroatoms. The second-order valence-corrected chi connectivity index (χ2v) is 20.2. The highest BCUT2D eigenvalue weighted by atomic mass is 35.5. The van der Waals surface area contributed by atoms with Crippen molar-refractivity contribution in [2.75, 3.05) is 18.8 Å². The van der Waals surface area contributed by atoms with Crippen LogP contribution in [0.3, 0.4) is 0 Å². The molecule has 1 heterocycles. The Balaban J connectivity index is 1.58. The summed E-state index contributed by atoms with van der Waals surface area (Å²) in [5.74, 6) is -4.13. The van der Waals surface area contributed by atoms with Gasteiger partial charge in [0.2, 0.25) is 17.6 Å². The van der Waals surface area contributed by atoms with Crippen molar-refractivity contribution in [1.82, 2.24) is 26.2 Å². The van der Waals surface area contributed by atoms with Gasteiger partial charge in [-0.05, 0) is 58.8 Å². The van der Waals surface area contributed by atoms with Crippen LogP contribution in [0.1, 0.15) is 111 Å². The van der Waals surface area contributed by atoms with E-state index in [1.54, 1.807) is 20.8 Å². The lowest BCUT2D eigenvalue weighted by atomic mass is 9.82. The molecule has 5 atom stereocenters. The molecular formula is C36H57Cl2N5O7S. The molecule has 3 saturated carbocycles. The molecule has 288 valence electrons. The molecule has 4 N–H and O–H groups in total. The van der Waals surface area contributed by atoms with Crippen LogP contribution in [-0.4, -0.2) is 94.4 Å². The fourth-order valence-electron chi connectivity index (χ4n) is 8.04. The van der Waals surface area contributed by atoms with E-state index in [2.05, 4.69) is 27.8 Å². The standard InChI is InChI=1S/C36H57Cl2N5O7S/c1-6-8-17-25(29(44)31(46)39-20-7-2)40-30(45)28-26-24(36(26,37)38)21-43(28)32(47)27(23-15-11-9-12-16-23)41-33(48)42-35(18-13-10-14-19-35)22-51(49,50)34(3,4)5/h7,23-28H,2,6,8-22H2,1,3-5H3,(H,39,46)(H,40,45)(H2,41,42,48)/t24?,25?,26-,27-,28-/m0/s1. The van der Waals surface area contributed by atoms with Crippen LogP contribution in [-0.2, 0) is 29.0 Å². The minimum atomic E-state index is -3.58. The van der Waals surface area contributed by atoms with Gasteiger partial charge in [0.15, 0.2) is 9.84 Å². The lowest BCUT2D eigenvalue weighted by Crippen LogP contribution is -2.63. The van der Waals surface area contributed by atoms with E-state index < -0.39 is 84.0 Å². The first-order valence-electron chi connectivity index (χ1n) is 18.6. The number of rotatable bonds is 15. The zero-order valence-corrected chi connectivity index (χ0v) is 32.9. The molecule has 0 radical (unpaired) electrons. The number of ketones is 1. The number of nitrogens with zero attached hydrogens (tertiary/aromatic N) is 1. The average Bonchev–Trinajstić information content (AvgIpc) is 3.38. The SMILES string of the molecule is C=CCNC(=O)C(=O)C(CCCC)NC(=O)[C@@H]1[C@@H]2C(CN1C(=O)[C@@H](NC(=O)NC1(CS(=O)(=O)C(C)(C)C)CCCCC1)C1CCCCC1)C2(Cl)Cl. The Labute approximate surface area is 313 Å². The molecule has 4 rings (SSSR count). The number of hydrogen-bond acceptors (Lipinski definition) is 7. The van der Waals surface area contributed by atoms with Crippen LogP contribution in [0.5, 0.6) is 0 Å². The van der Waals surface area contributed by atoms with E-state index >= 15 is 0 Å². The smallest absolute Gasteiger partial charge is 0.315 e. The third-order valence-electron chi connectivity index (χ3n) is 11.3. The number of urea groups is 1. The Hall–Kier alpha value is -2.38. The van der Waals surface area contributed by atoms with Gasteiger partial charge in [0.1, 0.15) is 16.4 Å². The number of carbonyl (C=O) groups excluding carboxylic acids is 5. The van der Waals surface area contributed by atoms with E-state index in [0.29, 0.717) is 32.1 Å². The Morgan fingerprint density at radius 2 is 1.61 bits per heavy atom. The van der Waals surface area contributed by atoms with E-state index in [1.807, 2.05) is 6.92 Å². The van der Waals surface area contributed by atoms with Crippen molar-refractivity contribution in [2.24, 2.45) is 17.8 Å². The summed E-state index contributed by atoms with van der Waals surface area (Å²) in [6.45, 7) is 10.6. The minimum Gasteiger partial charge on any atom is -0.346 e. The molecule has 2 unspecified atom stereocenters. The molecule has 0 bridgehead atoms. The first kappa shape index (κ1) is 41.4. The average molecular weight is 775 g/mol. The number of carbonyl (C=O) groups is 5. The Bertz CT molecular complexity index is 1440. The van der Waals surface area contributed by atoms with Gasteiger partial charge in [-0.15, -0.1) is 29.8 Å². The number of nitrogens with one attached hydrogen (secondary N) is 4. The molecule has 51 heavy (non-hydrogen) atoms. The van der Waals surface area contributed by atoms with E-state index in [9.17, 15) is 32.4 Å². The van der Waals surface area contributed by atoms with Gasteiger partial charge >= 0.3 is 6.03 Å². The zero-order valence-electron chi connectivity index (χ0n) is 30.5. The molecular weight excluding hydrogens is 717 g/mol. The summed E-state index contributed by atoms with van der Waals surface area (Å²) in [4.78, 5) is 69.7. The van der Waals surface area contributed by atoms with Gasteiger partial charge in [0.25, 0.3) is 5.91 Å². The van der Waals surface area contributed by atoms with E-state index in [1.165, 1.54) is 11.0 Å². The molecule has 4 fully saturated rings. The maximum absolute atomic E-state index is 14.6. The third-order valence-corrected chi connectivity index (χ3v) is 15.1. The predicted octanol–water partition coefficient (Wildman–Crippen LogP) is 4.33. The van der Waals surface area contributed by atoms with E-state index in [0.717, 1.165) is 44.9 Å². The Morgan fingerprint density at radius 1 is 0.980 bits per heavy atom. The normalized spacial score (nSPS) is 25.5. The summed E-state index contributed by atoms with van der Waals surface area (Å²) in [6.07, 6.45) is 10.6. The van der Waals surface area contributed by atoms with Crippen LogP contribution in [0.4, 0.5) is 4.79 Å². The quantitative estimate of drug-likeness (QED) is 0.109. The second kappa shape index (κ2) is 16.7. The van der Waals surface area contributed by atoms with Crippen molar-refractivity contribution < 1.29 is 32.4 Å². The first-order valence-corrected chi connectivity index (χ1v) is 21.0. The van der Waals surface area contributed by atoms with Gasteiger partial charge in [-0.1, -0.05) is 64.4 Å². The minimum absolute atomic E-state index is 0.0856. The molecule has 0 aromatic heterocycles. The molecule has 0 spiro atoms. The van der Waals surface area contributed by atoms with Gasteiger partial charge < -0.3 is 26.2 Å². The summed E-state index contributed by atoms with van der Waals surface area (Å²) < 4.78 is 24.5. The van der Waals surface area contributed by atoms with Crippen LogP contribution >= 0.6 is 23.2 Å². The fourth-order valence-corrected chi connectivity index (χ4v) is 10.4. The Morgan fingerprint density at radius 3 is 2.20 bits per heavy atom. The van der Waals surface area contributed by atoms with Crippen LogP contribution in [0.2, 0.25) is 0 Å². The molecule has 5 amide bonds. The van der Waals surface area contributed by atoms with Crippen LogP contribution in [0.15, 0.2) is 12.7 Å². The first-order chi connectivity index (χ1) is 23.9. The molecule has 3 aliphatic carbocycles. The summed E-state index contributed by atoms with van der Waals surface area (Å²) in [6, 6.07) is -3.84. The van der Waals surface area contributed by atoms with Crippen molar-refractivity contribution in [3.8, 4) is 0 Å². The van der Waals surface area contributed by atoms with E-state index in [4.69, 9.17) is 23.2 Å². The topological polar surface area (TPSA) is 171 Å². The number of piperidine rings is 1. The fraction of sp³-hybridized carbons (Fsp3) is 0.806. The van der Waals surface area contributed by atoms with E-state index in [-0.39, 0.29) is 31.2 Å². The number of unbranched alkanes of at least 4 members (excludes halogenated alkanes) is 1. The second-order valence-electron chi connectivity index (χ2n) is 16.0. The van der Waals surface area contributed by atoms with Gasteiger partial charge in [-0.2, -0.15) is 0 Å². The molecule has 0 aromatic rings. The highest BCUT2D eigenvalue weighted by molar-refractivity contribution is 7.92. The highest BCUT2D eigenvalue weighted by Crippen LogP contribution is 2.65. The van der Waals surface area contributed by atoms with Crippen molar-refractivity contribution >= 4 is 62.6 Å². The molecule has 4 aliphatic rings. The number of Topliss-reactive ketones (excluding diaryl/α,β-unsaturated/α-hetero) is 1. The van der Waals surface area contributed by atoms with Gasteiger partial charge in [0.05, 0.1) is 22.1 Å². The van der Waals surface area contributed by atoms with Gasteiger partial charge in [0, 0.05) is 24.9 Å². The molecule has 1 saturated heterocycles. The Kier molecular flexibility index (Phi) is 13.6. The zero-order chi connectivity index (χ0) is 37.8. The van der Waals surface area contributed by atoms with Gasteiger partial charge in [-0.25, -0.2) is 13.2 Å². The summed E-state index contributed by atoms with van der Waals surface area (Å²) in [5, 5.41) is 11.2. The summed E-state index contributed by atoms with van der Waals surface area (Å²) in [5.41, 5.74) is -0.971. The maximum atomic E-state index is 14.6. The number of alkyl halides is 2. The predicted molar refractivity (Wildman–Crippen MR) is 198 cm³/mol.